The Morgan fingerprint density at radius 1 is 1.23 bits per heavy atom. The molecule has 8 heteroatoms. The van der Waals surface area contributed by atoms with Crippen LogP contribution < -0.4 is 15.0 Å². The van der Waals surface area contributed by atoms with Crippen LogP contribution in [0.25, 0.3) is 0 Å². The molecule has 1 aromatic carbocycles. The van der Waals surface area contributed by atoms with E-state index in [1.165, 1.54) is 5.56 Å². The summed E-state index contributed by atoms with van der Waals surface area (Å²) in [4.78, 5) is 11.9. The van der Waals surface area contributed by atoms with Crippen LogP contribution in [0.5, 0.6) is 5.75 Å². The van der Waals surface area contributed by atoms with Gasteiger partial charge in [-0.2, -0.15) is 5.10 Å². The lowest BCUT2D eigenvalue weighted by molar-refractivity contribution is 0.303. The number of rotatable bonds is 7. The average Bonchev–Trinajstić information content (AvgIpc) is 3.19. The summed E-state index contributed by atoms with van der Waals surface area (Å²) >= 11 is 0. The van der Waals surface area contributed by atoms with E-state index in [0.717, 1.165) is 50.1 Å². The van der Waals surface area contributed by atoms with Crippen molar-refractivity contribution in [2.24, 2.45) is 12.0 Å². The van der Waals surface area contributed by atoms with Crippen molar-refractivity contribution >= 4 is 11.6 Å². The number of nitrogens with one attached hydrogen (secondary N) is 1. The highest BCUT2D eigenvalue weighted by Crippen LogP contribution is 2.28. The Balaban J connectivity index is 1.67. The van der Waals surface area contributed by atoms with Crippen molar-refractivity contribution in [3.05, 3.63) is 42.2 Å². The second kappa shape index (κ2) is 10.3. The van der Waals surface area contributed by atoms with Gasteiger partial charge in [-0.1, -0.05) is 12.1 Å². The number of hydrogen-bond donors (Lipinski definition) is 1. The van der Waals surface area contributed by atoms with Gasteiger partial charge in [0.25, 0.3) is 0 Å². The maximum absolute atomic E-state index is 5.54. The zero-order chi connectivity index (χ0) is 21.5. The number of aromatic nitrogens is 2. The average molecular weight is 414 g/mol. The van der Waals surface area contributed by atoms with Crippen LogP contribution in [-0.4, -0.2) is 86.0 Å². The van der Waals surface area contributed by atoms with Crippen LogP contribution in [0, 0.1) is 0 Å². The standard InChI is InChI=1S/C22H35N7O/c1-6-23-22(24-16-20(26(2)3)18-15-25-27(4)17-18)29-13-11-28(12-14-29)19-9-7-8-10-21(19)30-5/h7-10,15,17,20H,6,11-14,16H2,1-5H3,(H,23,24). The van der Waals surface area contributed by atoms with Gasteiger partial charge in [0, 0.05) is 51.5 Å². The van der Waals surface area contributed by atoms with E-state index in [9.17, 15) is 0 Å². The van der Waals surface area contributed by atoms with E-state index in [1.807, 2.05) is 30.1 Å². The molecule has 2 aromatic rings. The van der Waals surface area contributed by atoms with Gasteiger partial charge in [-0.25, -0.2) is 0 Å². The van der Waals surface area contributed by atoms with E-state index in [-0.39, 0.29) is 6.04 Å². The number of aryl methyl sites for hydroxylation is 1. The normalized spacial score (nSPS) is 16.1. The third kappa shape index (κ3) is 5.24. The number of para-hydroxylation sites is 2. The molecule has 0 radical (unpaired) electrons. The second-order valence-corrected chi connectivity index (χ2v) is 7.77. The summed E-state index contributed by atoms with van der Waals surface area (Å²) in [6.45, 7) is 7.37. The van der Waals surface area contributed by atoms with Gasteiger partial charge in [-0.15, -0.1) is 0 Å². The molecular weight excluding hydrogens is 378 g/mol. The number of benzene rings is 1. The van der Waals surface area contributed by atoms with E-state index in [1.54, 1.807) is 7.11 Å². The van der Waals surface area contributed by atoms with Crippen molar-refractivity contribution in [2.45, 2.75) is 13.0 Å². The molecular formula is C22H35N7O. The Morgan fingerprint density at radius 3 is 2.57 bits per heavy atom. The summed E-state index contributed by atoms with van der Waals surface area (Å²) in [7, 11) is 7.86. The fraction of sp³-hybridized carbons (Fsp3) is 0.545. The Bertz CT molecular complexity index is 824. The minimum atomic E-state index is 0.197. The largest absolute Gasteiger partial charge is 0.495 e. The van der Waals surface area contributed by atoms with Gasteiger partial charge in [0.1, 0.15) is 5.75 Å². The van der Waals surface area contributed by atoms with E-state index in [2.05, 4.69) is 64.5 Å². The number of likely N-dealkylation sites (N-methyl/N-ethyl adjacent to an activating group) is 1. The van der Waals surface area contributed by atoms with Gasteiger partial charge in [0.15, 0.2) is 5.96 Å². The third-order valence-electron chi connectivity index (χ3n) is 5.49. The molecule has 8 nitrogen and oxygen atoms in total. The van der Waals surface area contributed by atoms with Crippen LogP contribution in [-0.2, 0) is 7.05 Å². The molecule has 164 valence electrons. The molecule has 0 aliphatic carbocycles. The van der Waals surface area contributed by atoms with E-state index in [0.29, 0.717) is 6.54 Å². The van der Waals surface area contributed by atoms with E-state index >= 15 is 0 Å². The number of piperazine rings is 1. The van der Waals surface area contributed by atoms with Gasteiger partial charge >= 0.3 is 0 Å². The summed E-state index contributed by atoms with van der Waals surface area (Å²) in [5.41, 5.74) is 2.34. The van der Waals surface area contributed by atoms with Crippen molar-refractivity contribution in [3.8, 4) is 5.75 Å². The van der Waals surface area contributed by atoms with Crippen molar-refractivity contribution in [1.29, 1.82) is 0 Å². The number of methoxy groups -OCH3 is 1. The molecule has 1 N–H and O–H groups in total. The zero-order valence-electron chi connectivity index (χ0n) is 18.9. The maximum Gasteiger partial charge on any atom is 0.194 e. The maximum atomic E-state index is 5.54. The minimum Gasteiger partial charge on any atom is -0.495 e. The predicted molar refractivity (Wildman–Crippen MR) is 122 cm³/mol. The van der Waals surface area contributed by atoms with Gasteiger partial charge < -0.3 is 24.8 Å². The van der Waals surface area contributed by atoms with E-state index in [4.69, 9.17) is 9.73 Å². The van der Waals surface area contributed by atoms with Crippen LogP contribution in [0.3, 0.4) is 0 Å². The number of aliphatic imine (C=N–C) groups is 1. The quantitative estimate of drug-likeness (QED) is 0.552. The summed E-state index contributed by atoms with van der Waals surface area (Å²) in [6, 6.07) is 8.42. The molecule has 0 bridgehead atoms. The van der Waals surface area contributed by atoms with Gasteiger partial charge in [0.05, 0.1) is 31.6 Å². The molecule has 0 spiro atoms. The molecule has 1 aliphatic heterocycles. The lowest BCUT2D eigenvalue weighted by Gasteiger charge is -2.38. The summed E-state index contributed by atoms with van der Waals surface area (Å²) < 4.78 is 7.38. The highest BCUT2D eigenvalue weighted by Gasteiger charge is 2.22. The SMILES string of the molecule is CCNC(=NCC(c1cnn(C)c1)N(C)C)N1CCN(c2ccccc2OC)CC1. The van der Waals surface area contributed by atoms with Crippen LogP contribution in [0.4, 0.5) is 5.69 Å². The molecule has 0 amide bonds. The second-order valence-electron chi connectivity index (χ2n) is 7.77. The number of guanidine groups is 1. The van der Waals surface area contributed by atoms with Crippen LogP contribution in [0.1, 0.15) is 18.5 Å². The smallest absolute Gasteiger partial charge is 0.194 e. The van der Waals surface area contributed by atoms with Gasteiger partial charge in [-0.05, 0) is 33.2 Å². The molecule has 1 fully saturated rings. The monoisotopic (exact) mass is 413 g/mol. The number of nitrogens with zero attached hydrogens (tertiary/aromatic N) is 6. The van der Waals surface area contributed by atoms with Crippen molar-refractivity contribution < 1.29 is 4.74 Å². The Kier molecular flexibility index (Phi) is 7.57. The first kappa shape index (κ1) is 22.0. The summed E-state index contributed by atoms with van der Waals surface area (Å²) in [5.74, 6) is 1.91. The lowest BCUT2D eigenvalue weighted by atomic mass is 10.1. The first-order chi connectivity index (χ1) is 14.5. The highest BCUT2D eigenvalue weighted by atomic mass is 16.5. The van der Waals surface area contributed by atoms with Gasteiger partial charge in [-0.3, -0.25) is 9.67 Å². The van der Waals surface area contributed by atoms with Crippen LogP contribution in [0.2, 0.25) is 0 Å². The number of ether oxygens (including phenoxy) is 1. The van der Waals surface area contributed by atoms with Crippen molar-refractivity contribution in [1.82, 2.24) is 24.9 Å². The number of hydrogen-bond acceptors (Lipinski definition) is 5. The van der Waals surface area contributed by atoms with E-state index < -0.39 is 0 Å². The Labute approximate surface area is 180 Å². The molecule has 30 heavy (non-hydrogen) atoms. The first-order valence-electron chi connectivity index (χ1n) is 10.6. The summed E-state index contributed by atoms with van der Waals surface area (Å²) in [6.07, 6.45) is 4.00. The number of anilines is 1. The Hall–Kier alpha value is -2.74. The molecule has 1 atom stereocenters. The molecule has 1 aromatic heterocycles. The van der Waals surface area contributed by atoms with Crippen LogP contribution in [0.15, 0.2) is 41.7 Å². The van der Waals surface area contributed by atoms with Crippen molar-refractivity contribution in [2.75, 3.05) is 65.4 Å². The fourth-order valence-corrected chi connectivity index (χ4v) is 3.83. The third-order valence-corrected chi connectivity index (χ3v) is 5.49. The Morgan fingerprint density at radius 2 is 1.97 bits per heavy atom. The molecule has 0 saturated carbocycles. The zero-order valence-corrected chi connectivity index (χ0v) is 18.9. The molecule has 3 rings (SSSR count). The molecule has 1 unspecified atom stereocenters. The first-order valence-corrected chi connectivity index (χ1v) is 10.6. The van der Waals surface area contributed by atoms with Crippen LogP contribution >= 0.6 is 0 Å². The van der Waals surface area contributed by atoms with Crippen molar-refractivity contribution in [3.63, 3.8) is 0 Å². The minimum absolute atomic E-state index is 0.197. The molecule has 1 saturated heterocycles. The fourth-order valence-electron chi connectivity index (χ4n) is 3.83. The lowest BCUT2D eigenvalue weighted by Crippen LogP contribution is -2.52. The van der Waals surface area contributed by atoms with Gasteiger partial charge in [0.2, 0.25) is 0 Å². The topological polar surface area (TPSA) is 61.2 Å². The predicted octanol–water partition coefficient (Wildman–Crippen LogP) is 1.82. The highest BCUT2D eigenvalue weighted by molar-refractivity contribution is 5.80. The molecule has 1 aliphatic rings. The molecule has 2 heterocycles. The summed E-state index contributed by atoms with van der Waals surface area (Å²) in [5, 5.41) is 7.80.